The highest BCUT2D eigenvalue weighted by Gasteiger charge is 2.15. The normalized spacial score (nSPS) is 14.1. The molecule has 0 radical (unpaired) electrons. The number of benzene rings is 2. The van der Waals surface area contributed by atoms with E-state index >= 15 is 0 Å². The van der Waals surface area contributed by atoms with Crippen LogP contribution in [0.5, 0.6) is 0 Å². The molecule has 0 saturated carbocycles. The summed E-state index contributed by atoms with van der Waals surface area (Å²) in [6.07, 6.45) is 4.89. The molecule has 7 nitrogen and oxygen atoms in total. The second kappa shape index (κ2) is 9.24. The molecule has 33 heavy (non-hydrogen) atoms. The highest BCUT2D eigenvalue weighted by Crippen LogP contribution is 2.23. The number of para-hydroxylation sites is 1. The first-order valence-electron chi connectivity index (χ1n) is 11.2. The Kier molecular flexibility index (Phi) is 5.85. The molecule has 4 aromatic rings. The van der Waals surface area contributed by atoms with Crippen molar-refractivity contribution in [2.75, 3.05) is 23.3 Å². The van der Waals surface area contributed by atoms with Gasteiger partial charge in [-0.2, -0.15) is 0 Å². The van der Waals surface area contributed by atoms with E-state index in [9.17, 15) is 9.59 Å². The SMILES string of the molecule is O=C(Nc1cccc(-c2ccc(N3CCCCCC3)nn2)c1)c1cc2ccccc2oc1=O. The number of rotatable bonds is 4. The molecule has 1 N–H and O–H groups in total. The maximum absolute atomic E-state index is 12.8. The fourth-order valence-electron chi connectivity index (χ4n) is 4.12. The minimum Gasteiger partial charge on any atom is -0.422 e. The molecule has 166 valence electrons. The van der Waals surface area contributed by atoms with E-state index in [-0.39, 0.29) is 5.56 Å². The first-order chi connectivity index (χ1) is 16.2. The monoisotopic (exact) mass is 440 g/mol. The van der Waals surface area contributed by atoms with E-state index < -0.39 is 11.5 Å². The molecule has 1 amide bonds. The zero-order chi connectivity index (χ0) is 22.6. The smallest absolute Gasteiger partial charge is 0.349 e. The third-order valence-electron chi connectivity index (χ3n) is 5.88. The summed E-state index contributed by atoms with van der Waals surface area (Å²) in [7, 11) is 0. The fourth-order valence-corrected chi connectivity index (χ4v) is 4.12. The van der Waals surface area contributed by atoms with Crippen LogP contribution in [0.15, 0.2) is 75.9 Å². The Hall–Kier alpha value is -4.00. The van der Waals surface area contributed by atoms with Crippen LogP contribution >= 0.6 is 0 Å². The summed E-state index contributed by atoms with van der Waals surface area (Å²) in [6, 6.07) is 19.9. The number of hydrogen-bond acceptors (Lipinski definition) is 6. The van der Waals surface area contributed by atoms with E-state index in [0.29, 0.717) is 16.7 Å². The lowest BCUT2D eigenvalue weighted by atomic mass is 10.1. The van der Waals surface area contributed by atoms with Crippen molar-refractivity contribution in [3.05, 3.63) is 82.7 Å². The van der Waals surface area contributed by atoms with Crippen LogP contribution in [-0.2, 0) is 0 Å². The van der Waals surface area contributed by atoms with E-state index in [0.717, 1.165) is 30.2 Å². The summed E-state index contributed by atoms with van der Waals surface area (Å²) in [5.74, 6) is 0.377. The van der Waals surface area contributed by atoms with Crippen LogP contribution in [0.3, 0.4) is 0 Å². The molecular weight excluding hydrogens is 416 g/mol. The van der Waals surface area contributed by atoms with Crippen molar-refractivity contribution < 1.29 is 9.21 Å². The van der Waals surface area contributed by atoms with Crippen molar-refractivity contribution in [2.45, 2.75) is 25.7 Å². The number of carbonyl (C=O) groups is 1. The van der Waals surface area contributed by atoms with Gasteiger partial charge in [-0.3, -0.25) is 4.79 Å². The maximum Gasteiger partial charge on any atom is 0.349 e. The predicted octanol–water partition coefficient (Wildman–Crippen LogP) is 4.88. The first kappa shape index (κ1) is 20.9. The van der Waals surface area contributed by atoms with Gasteiger partial charge in [-0.25, -0.2) is 4.79 Å². The highest BCUT2D eigenvalue weighted by molar-refractivity contribution is 6.05. The zero-order valence-electron chi connectivity index (χ0n) is 18.2. The second-order valence-corrected chi connectivity index (χ2v) is 8.20. The van der Waals surface area contributed by atoms with Gasteiger partial charge in [-0.1, -0.05) is 43.2 Å². The van der Waals surface area contributed by atoms with Gasteiger partial charge in [0.1, 0.15) is 11.1 Å². The minimum absolute atomic E-state index is 0.0410. The summed E-state index contributed by atoms with van der Waals surface area (Å²) in [6.45, 7) is 2.02. The average molecular weight is 441 g/mol. The molecule has 0 spiro atoms. The Bertz CT molecular complexity index is 1340. The van der Waals surface area contributed by atoms with E-state index in [1.54, 1.807) is 30.3 Å². The highest BCUT2D eigenvalue weighted by atomic mass is 16.4. The van der Waals surface area contributed by atoms with Crippen molar-refractivity contribution in [1.82, 2.24) is 10.2 Å². The van der Waals surface area contributed by atoms with Gasteiger partial charge in [-0.15, -0.1) is 10.2 Å². The average Bonchev–Trinajstić information content (AvgIpc) is 3.13. The molecule has 3 heterocycles. The quantitative estimate of drug-likeness (QED) is 0.455. The van der Waals surface area contributed by atoms with Gasteiger partial charge in [0.15, 0.2) is 5.82 Å². The second-order valence-electron chi connectivity index (χ2n) is 8.20. The van der Waals surface area contributed by atoms with Gasteiger partial charge >= 0.3 is 5.63 Å². The van der Waals surface area contributed by atoms with Crippen molar-refractivity contribution in [2.24, 2.45) is 0 Å². The van der Waals surface area contributed by atoms with Crippen LogP contribution in [0, 0.1) is 0 Å². The predicted molar refractivity (Wildman–Crippen MR) is 129 cm³/mol. The summed E-state index contributed by atoms with van der Waals surface area (Å²) < 4.78 is 5.28. The number of fused-ring (bicyclic) bond motifs is 1. The van der Waals surface area contributed by atoms with E-state index in [1.165, 1.54) is 25.7 Å². The lowest BCUT2D eigenvalue weighted by Crippen LogP contribution is -2.25. The summed E-state index contributed by atoms with van der Waals surface area (Å²) in [5, 5.41) is 12.3. The number of anilines is 2. The fraction of sp³-hybridized carbons (Fsp3) is 0.231. The largest absolute Gasteiger partial charge is 0.422 e. The third kappa shape index (κ3) is 4.62. The molecule has 1 saturated heterocycles. The van der Waals surface area contributed by atoms with Crippen LogP contribution in [0.4, 0.5) is 11.5 Å². The Morgan fingerprint density at radius 1 is 0.879 bits per heavy atom. The molecule has 7 heteroatoms. The van der Waals surface area contributed by atoms with Crippen LogP contribution in [0.25, 0.3) is 22.2 Å². The summed E-state index contributed by atoms with van der Waals surface area (Å²) in [5.41, 5.74) is 1.84. The Labute approximate surface area is 191 Å². The summed E-state index contributed by atoms with van der Waals surface area (Å²) >= 11 is 0. The van der Waals surface area contributed by atoms with Gasteiger partial charge in [0, 0.05) is 29.7 Å². The third-order valence-corrected chi connectivity index (χ3v) is 5.88. The van der Waals surface area contributed by atoms with E-state index in [1.807, 2.05) is 36.4 Å². The number of nitrogens with zero attached hydrogens (tertiary/aromatic N) is 3. The number of amides is 1. The van der Waals surface area contributed by atoms with Crippen LogP contribution < -0.4 is 15.8 Å². The lowest BCUT2D eigenvalue weighted by molar-refractivity contribution is 0.102. The standard InChI is InChI=1S/C26H24N4O3/c31-25(21-17-19-8-3-4-11-23(19)33-26(21)32)27-20-10-7-9-18(16-20)22-12-13-24(29-28-22)30-14-5-1-2-6-15-30/h3-4,7-13,16-17H,1-2,5-6,14-15H2,(H,27,31). The van der Waals surface area contributed by atoms with E-state index in [2.05, 4.69) is 20.4 Å². The molecule has 0 atom stereocenters. The van der Waals surface area contributed by atoms with Crippen molar-refractivity contribution in [1.29, 1.82) is 0 Å². The lowest BCUT2D eigenvalue weighted by Gasteiger charge is -2.20. The number of aromatic nitrogens is 2. The first-order valence-corrected chi connectivity index (χ1v) is 11.2. The van der Waals surface area contributed by atoms with Crippen LogP contribution in [-0.4, -0.2) is 29.2 Å². The van der Waals surface area contributed by atoms with Crippen LogP contribution in [0.1, 0.15) is 36.0 Å². The molecule has 2 aromatic heterocycles. The number of hydrogen-bond donors (Lipinski definition) is 1. The maximum atomic E-state index is 12.8. The molecule has 0 unspecified atom stereocenters. The van der Waals surface area contributed by atoms with Crippen molar-refractivity contribution in [3.63, 3.8) is 0 Å². The van der Waals surface area contributed by atoms with Gasteiger partial charge < -0.3 is 14.6 Å². The Balaban J connectivity index is 1.34. The van der Waals surface area contributed by atoms with Crippen molar-refractivity contribution in [3.8, 4) is 11.3 Å². The minimum atomic E-state index is -0.669. The van der Waals surface area contributed by atoms with Gasteiger partial charge in [-0.05, 0) is 49.2 Å². The summed E-state index contributed by atoms with van der Waals surface area (Å²) in [4.78, 5) is 27.3. The van der Waals surface area contributed by atoms with E-state index in [4.69, 9.17) is 4.42 Å². The van der Waals surface area contributed by atoms with Crippen LogP contribution in [0.2, 0.25) is 0 Å². The molecular formula is C26H24N4O3. The van der Waals surface area contributed by atoms with Crippen molar-refractivity contribution >= 4 is 28.4 Å². The molecule has 0 bridgehead atoms. The topological polar surface area (TPSA) is 88.3 Å². The number of nitrogens with one attached hydrogen (secondary N) is 1. The molecule has 2 aromatic carbocycles. The zero-order valence-corrected chi connectivity index (χ0v) is 18.2. The Morgan fingerprint density at radius 3 is 2.48 bits per heavy atom. The molecule has 1 aliphatic heterocycles. The molecule has 1 fully saturated rings. The number of carbonyl (C=O) groups excluding carboxylic acids is 1. The van der Waals surface area contributed by atoms with Gasteiger partial charge in [0.2, 0.25) is 0 Å². The Morgan fingerprint density at radius 2 is 1.70 bits per heavy atom. The molecule has 5 rings (SSSR count). The molecule has 1 aliphatic rings. The van der Waals surface area contributed by atoms with Gasteiger partial charge in [0.05, 0.1) is 5.69 Å². The molecule has 0 aliphatic carbocycles. The van der Waals surface area contributed by atoms with Gasteiger partial charge in [0.25, 0.3) is 5.91 Å².